The number of benzene rings is 1. The van der Waals surface area contributed by atoms with Crippen LogP contribution in [0.3, 0.4) is 0 Å². The van der Waals surface area contributed by atoms with Gasteiger partial charge in [0.1, 0.15) is 0 Å². The van der Waals surface area contributed by atoms with Gasteiger partial charge in [-0.15, -0.1) is 11.3 Å². The van der Waals surface area contributed by atoms with Crippen molar-refractivity contribution in [3.8, 4) is 11.8 Å². The van der Waals surface area contributed by atoms with Gasteiger partial charge in [-0.05, 0) is 42.1 Å². The molecule has 0 atom stereocenters. The Kier molecular flexibility index (Phi) is 6.48. The van der Waals surface area contributed by atoms with Gasteiger partial charge in [-0.1, -0.05) is 17.9 Å². The molecule has 25 heavy (non-hydrogen) atoms. The summed E-state index contributed by atoms with van der Waals surface area (Å²) in [5.74, 6) is 6.11. The van der Waals surface area contributed by atoms with Gasteiger partial charge in [0.15, 0.2) is 5.96 Å². The first-order chi connectivity index (χ1) is 11.9. The molecule has 0 aliphatic rings. The highest BCUT2D eigenvalue weighted by atomic mass is 32.1. The molecule has 2 rings (SSSR count). The number of aryl methyl sites for hydroxylation is 1. The highest BCUT2D eigenvalue weighted by Gasteiger charge is 2.30. The first-order valence-electron chi connectivity index (χ1n) is 7.54. The second kappa shape index (κ2) is 8.58. The maximum atomic E-state index is 12.7. The molecule has 2 N–H and O–H groups in total. The second-order valence-corrected chi connectivity index (χ2v) is 6.19. The van der Waals surface area contributed by atoms with E-state index in [2.05, 4.69) is 33.5 Å². The van der Waals surface area contributed by atoms with Crippen molar-refractivity contribution >= 4 is 17.3 Å². The number of nitrogens with zero attached hydrogens (tertiary/aromatic N) is 1. The number of rotatable bonds is 3. The van der Waals surface area contributed by atoms with Gasteiger partial charge < -0.3 is 10.6 Å². The Morgan fingerprint density at radius 2 is 2.04 bits per heavy atom. The minimum atomic E-state index is -4.36. The van der Waals surface area contributed by atoms with Crippen molar-refractivity contribution in [1.29, 1.82) is 0 Å². The van der Waals surface area contributed by atoms with Crippen LogP contribution < -0.4 is 10.6 Å². The van der Waals surface area contributed by atoms with Gasteiger partial charge in [-0.25, -0.2) is 0 Å². The maximum absolute atomic E-state index is 12.7. The zero-order valence-electron chi connectivity index (χ0n) is 13.9. The monoisotopic (exact) mass is 365 g/mol. The quantitative estimate of drug-likeness (QED) is 0.493. The third-order valence-electron chi connectivity index (χ3n) is 3.38. The van der Waals surface area contributed by atoms with Gasteiger partial charge in [0.2, 0.25) is 0 Å². The summed E-state index contributed by atoms with van der Waals surface area (Å²) in [6, 6.07) is 7.03. The Labute approximate surface area is 149 Å². The molecule has 7 heteroatoms. The summed E-state index contributed by atoms with van der Waals surface area (Å²) in [5, 5.41) is 8.22. The summed E-state index contributed by atoms with van der Waals surface area (Å²) in [4.78, 5) is 5.31. The molecule has 1 heterocycles. The van der Waals surface area contributed by atoms with Crippen molar-refractivity contribution in [2.75, 3.05) is 13.6 Å². The fourth-order valence-electron chi connectivity index (χ4n) is 2.02. The molecule has 0 aliphatic heterocycles. The van der Waals surface area contributed by atoms with Crippen molar-refractivity contribution in [2.24, 2.45) is 4.99 Å². The van der Waals surface area contributed by atoms with E-state index in [0.717, 1.165) is 12.1 Å². The molecule has 0 saturated carbocycles. The van der Waals surface area contributed by atoms with Gasteiger partial charge in [0, 0.05) is 17.5 Å². The van der Waals surface area contributed by atoms with E-state index < -0.39 is 11.7 Å². The van der Waals surface area contributed by atoms with Gasteiger partial charge in [-0.2, -0.15) is 13.2 Å². The number of halogens is 3. The zero-order valence-corrected chi connectivity index (χ0v) is 14.7. The van der Waals surface area contributed by atoms with Crippen LogP contribution in [0.4, 0.5) is 13.2 Å². The SMILES string of the molecule is CN=C(NCC#Cc1cccc(C(F)(F)F)c1)NCc1sccc1C. The maximum Gasteiger partial charge on any atom is 0.416 e. The largest absolute Gasteiger partial charge is 0.416 e. The van der Waals surface area contributed by atoms with E-state index in [-0.39, 0.29) is 6.54 Å². The Morgan fingerprint density at radius 1 is 1.24 bits per heavy atom. The van der Waals surface area contributed by atoms with E-state index in [0.29, 0.717) is 18.1 Å². The summed E-state index contributed by atoms with van der Waals surface area (Å²) in [5.41, 5.74) is 0.849. The second-order valence-electron chi connectivity index (χ2n) is 5.19. The molecular weight excluding hydrogens is 347 g/mol. The molecule has 132 valence electrons. The molecule has 0 radical (unpaired) electrons. The number of aliphatic imine (C=N–C) groups is 1. The normalized spacial score (nSPS) is 11.6. The van der Waals surface area contributed by atoms with E-state index in [1.54, 1.807) is 24.5 Å². The van der Waals surface area contributed by atoms with Crippen molar-refractivity contribution in [2.45, 2.75) is 19.6 Å². The average Bonchev–Trinajstić information content (AvgIpc) is 2.99. The molecule has 0 saturated heterocycles. The molecule has 2 aromatic rings. The van der Waals surface area contributed by atoms with Gasteiger partial charge >= 0.3 is 6.18 Å². The molecule has 1 aromatic carbocycles. The first-order valence-corrected chi connectivity index (χ1v) is 8.41. The van der Waals surface area contributed by atoms with Crippen molar-refractivity contribution in [3.63, 3.8) is 0 Å². The molecule has 0 fully saturated rings. The lowest BCUT2D eigenvalue weighted by molar-refractivity contribution is -0.137. The van der Waals surface area contributed by atoms with E-state index >= 15 is 0 Å². The minimum Gasteiger partial charge on any atom is -0.351 e. The lowest BCUT2D eigenvalue weighted by Gasteiger charge is -2.09. The molecule has 0 bridgehead atoms. The van der Waals surface area contributed by atoms with Gasteiger partial charge in [0.05, 0.1) is 18.7 Å². The summed E-state index contributed by atoms with van der Waals surface area (Å²) < 4.78 is 38.0. The van der Waals surface area contributed by atoms with Crippen LogP contribution in [0.1, 0.15) is 21.6 Å². The fraction of sp³-hybridized carbons (Fsp3) is 0.278. The van der Waals surface area contributed by atoms with Gasteiger partial charge in [-0.3, -0.25) is 4.99 Å². The molecule has 1 aromatic heterocycles. The highest BCUT2D eigenvalue weighted by molar-refractivity contribution is 7.10. The number of hydrogen-bond acceptors (Lipinski definition) is 2. The van der Waals surface area contributed by atoms with Crippen molar-refractivity contribution < 1.29 is 13.2 Å². The molecule has 0 unspecified atom stereocenters. The molecule has 0 amide bonds. The van der Waals surface area contributed by atoms with Gasteiger partial charge in [0.25, 0.3) is 0 Å². The van der Waals surface area contributed by atoms with E-state index in [1.807, 2.05) is 12.3 Å². The number of thiophene rings is 1. The number of alkyl halides is 3. The molecule has 0 spiro atoms. The average molecular weight is 365 g/mol. The Bertz CT molecular complexity index is 798. The van der Waals surface area contributed by atoms with E-state index in [1.165, 1.54) is 16.5 Å². The van der Waals surface area contributed by atoms with Crippen LogP contribution in [-0.4, -0.2) is 19.6 Å². The van der Waals surface area contributed by atoms with Crippen LogP contribution in [0.25, 0.3) is 0 Å². The smallest absolute Gasteiger partial charge is 0.351 e. The predicted octanol–water partition coefficient (Wildman–Crippen LogP) is 3.79. The van der Waals surface area contributed by atoms with Crippen LogP contribution in [0.5, 0.6) is 0 Å². The summed E-state index contributed by atoms with van der Waals surface area (Å²) in [7, 11) is 1.65. The van der Waals surface area contributed by atoms with E-state index in [4.69, 9.17) is 0 Å². The number of nitrogens with one attached hydrogen (secondary N) is 2. The highest BCUT2D eigenvalue weighted by Crippen LogP contribution is 2.29. The lowest BCUT2D eigenvalue weighted by atomic mass is 10.1. The third kappa shape index (κ3) is 5.84. The number of hydrogen-bond donors (Lipinski definition) is 2. The third-order valence-corrected chi connectivity index (χ3v) is 4.40. The Balaban J connectivity index is 1.87. The minimum absolute atomic E-state index is 0.277. The van der Waals surface area contributed by atoms with Crippen LogP contribution >= 0.6 is 11.3 Å². The van der Waals surface area contributed by atoms with Crippen LogP contribution in [0.15, 0.2) is 40.7 Å². The molecule has 0 aliphatic carbocycles. The van der Waals surface area contributed by atoms with Crippen LogP contribution in [-0.2, 0) is 12.7 Å². The predicted molar refractivity (Wildman–Crippen MR) is 95.6 cm³/mol. The lowest BCUT2D eigenvalue weighted by Crippen LogP contribution is -2.36. The molecular formula is C18H18F3N3S. The van der Waals surface area contributed by atoms with Crippen molar-refractivity contribution in [3.05, 3.63) is 57.3 Å². The van der Waals surface area contributed by atoms with Crippen molar-refractivity contribution in [1.82, 2.24) is 10.6 Å². The summed E-state index contributed by atoms with van der Waals surface area (Å²) in [6.07, 6.45) is -4.36. The fourth-order valence-corrected chi connectivity index (χ4v) is 2.86. The van der Waals surface area contributed by atoms with E-state index in [9.17, 15) is 13.2 Å². The first kappa shape index (κ1) is 18.9. The Morgan fingerprint density at radius 3 is 2.68 bits per heavy atom. The molecule has 3 nitrogen and oxygen atoms in total. The van der Waals surface area contributed by atoms with Crippen LogP contribution in [0, 0.1) is 18.8 Å². The Hall–Kier alpha value is -2.46. The standard InChI is InChI=1S/C18H18F3N3S/c1-13-8-10-25-16(13)12-24-17(22-2)23-9-4-6-14-5-3-7-15(11-14)18(19,20)21/h3,5,7-8,10-11H,9,12H2,1-2H3,(H2,22,23,24). The number of guanidine groups is 1. The zero-order chi connectivity index (χ0) is 18.3. The topological polar surface area (TPSA) is 36.4 Å². The summed E-state index contributed by atoms with van der Waals surface area (Å²) in [6.45, 7) is 2.98. The van der Waals surface area contributed by atoms with Crippen LogP contribution in [0.2, 0.25) is 0 Å². The summed E-state index contributed by atoms with van der Waals surface area (Å²) >= 11 is 1.67.